The van der Waals surface area contributed by atoms with Crippen molar-refractivity contribution < 1.29 is 9.90 Å². The van der Waals surface area contributed by atoms with E-state index in [1.165, 1.54) is 0 Å². The van der Waals surface area contributed by atoms with Crippen LogP contribution in [-0.4, -0.2) is 17.6 Å². The fraction of sp³-hybridized carbons (Fsp3) is 0.125. The Morgan fingerprint density at radius 3 is 2.57 bits per heavy atom. The number of rotatable bonds is 5. The average Bonchev–Trinajstić information content (AvgIpc) is 2.49. The minimum Gasteiger partial charge on any atom is -0.478 e. The Kier molecular flexibility index (Phi) is 4.81. The predicted octanol–water partition coefficient (Wildman–Crippen LogP) is 3.56. The van der Waals surface area contributed by atoms with Gasteiger partial charge in [0.15, 0.2) is 0 Å². The zero-order valence-corrected chi connectivity index (χ0v) is 11.9. The van der Waals surface area contributed by atoms with Crippen molar-refractivity contribution in [1.82, 2.24) is 0 Å². The van der Waals surface area contributed by atoms with Crippen LogP contribution in [0.3, 0.4) is 0 Å². The Hall–Kier alpha value is -2.51. The second kappa shape index (κ2) is 6.78. The van der Waals surface area contributed by atoms with Gasteiger partial charge in [0, 0.05) is 11.6 Å². The van der Waals surface area contributed by atoms with Crippen LogP contribution in [0.1, 0.15) is 21.5 Å². The van der Waals surface area contributed by atoms with Gasteiger partial charge in [0.05, 0.1) is 16.8 Å². The van der Waals surface area contributed by atoms with Crippen LogP contribution in [0.2, 0.25) is 5.02 Å². The lowest BCUT2D eigenvalue weighted by atomic mass is 10.1. The van der Waals surface area contributed by atoms with E-state index in [1.807, 2.05) is 0 Å². The molecule has 21 heavy (non-hydrogen) atoms. The van der Waals surface area contributed by atoms with Crippen molar-refractivity contribution in [1.29, 1.82) is 5.26 Å². The molecule has 0 aliphatic carbocycles. The van der Waals surface area contributed by atoms with E-state index in [2.05, 4.69) is 11.4 Å². The second-order valence-electron chi connectivity index (χ2n) is 4.48. The maximum atomic E-state index is 10.8. The first-order valence-electron chi connectivity index (χ1n) is 6.36. The number of hydrogen-bond acceptors (Lipinski definition) is 3. The maximum absolute atomic E-state index is 10.8. The summed E-state index contributed by atoms with van der Waals surface area (Å²) in [6.07, 6.45) is 0.730. The van der Waals surface area contributed by atoms with Crippen molar-refractivity contribution in [3.8, 4) is 6.07 Å². The van der Waals surface area contributed by atoms with Gasteiger partial charge in [0.25, 0.3) is 0 Å². The van der Waals surface area contributed by atoms with Crippen molar-refractivity contribution >= 4 is 23.3 Å². The molecule has 0 unspecified atom stereocenters. The fourth-order valence-electron chi connectivity index (χ4n) is 1.92. The molecule has 0 radical (unpaired) electrons. The Morgan fingerprint density at radius 1 is 1.24 bits per heavy atom. The highest BCUT2D eigenvalue weighted by Crippen LogP contribution is 2.19. The molecule has 0 spiro atoms. The second-order valence-corrected chi connectivity index (χ2v) is 4.92. The number of nitriles is 1. The summed E-state index contributed by atoms with van der Waals surface area (Å²) in [7, 11) is 0. The van der Waals surface area contributed by atoms with Crippen LogP contribution in [0.5, 0.6) is 0 Å². The highest BCUT2D eigenvalue weighted by molar-refractivity contribution is 6.30. The molecular weight excluding hydrogens is 288 g/mol. The molecule has 2 aromatic carbocycles. The minimum atomic E-state index is -0.931. The number of carboxylic acids is 1. The van der Waals surface area contributed by atoms with E-state index in [-0.39, 0.29) is 5.56 Å². The summed E-state index contributed by atoms with van der Waals surface area (Å²) in [5.41, 5.74) is 2.55. The molecule has 0 aliphatic heterocycles. The zero-order chi connectivity index (χ0) is 15.2. The van der Waals surface area contributed by atoms with Gasteiger partial charge in [-0.05, 0) is 42.3 Å². The van der Waals surface area contributed by atoms with E-state index < -0.39 is 5.97 Å². The van der Waals surface area contributed by atoms with Crippen molar-refractivity contribution in [2.45, 2.75) is 6.42 Å². The van der Waals surface area contributed by atoms with Gasteiger partial charge in [0.2, 0.25) is 0 Å². The molecule has 0 aliphatic rings. The van der Waals surface area contributed by atoms with E-state index in [0.29, 0.717) is 17.1 Å². The first-order chi connectivity index (χ1) is 10.1. The SMILES string of the molecule is N#Cc1cc(Cl)ccc1NCCc1ccc(C(=O)O)cc1. The fourth-order valence-corrected chi connectivity index (χ4v) is 2.09. The van der Waals surface area contributed by atoms with Gasteiger partial charge in [-0.25, -0.2) is 4.79 Å². The molecule has 2 rings (SSSR count). The van der Waals surface area contributed by atoms with Crippen LogP contribution in [0.15, 0.2) is 42.5 Å². The van der Waals surface area contributed by atoms with Crippen LogP contribution in [0.25, 0.3) is 0 Å². The molecule has 2 N–H and O–H groups in total. The number of carboxylic acid groups (broad SMARTS) is 1. The number of nitrogens with one attached hydrogen (secondary N) is 1. The smallest absolute Gasteiger partial charge is 0.335 e. The Bertz CT molecular complexity index is 690. The van der Waals surface area contributed by atoms with Crippen LogP contribution >= 0.6 is 11.6 Å². The molecule has 4 nitrogen and oxygen atoms in total. The largest absolute Gasteiger partial charge is 0.478 e. The van der Waals surface area contributed by atoms with Gasteiger partial charge in [0.1, 0.15) is 6.07 Å². The number of benzene rings is 2. The lowest BCUT2D eigenvalue weighted by Crippen LogP contribution is -2.06. The molecule has 0 amide bonds. The third kappa shape index (κ3) is 3.98. The summed E-state index contributed by atoms with van der Waals surface area (Å²) < 4.78 is 0. The lowest BCUT2D eigenvalue weighted by Gasteiger charge is -2.08. The minimum absolute atomic E-state index is 0.274. The molecule has 106 valence electrons. The molecule has 0 heterocycles. The maximum Gasteiger partial charge on any atom is 0.335 e. The molecule has 0 bridgehead atoms. The van der Waals surface area contributed by atoms with E-state index >= 15 is 0 Å². The first-order valence-corrected chi connectivity index (χ1v) is 6.73. The highest BCUT2D eigenvalue weighted by Gasteiger charge is 2.04. The zero-order valence-electron chi connectivity index (χ0n) is 11.1. The number of hydrogen-bond donors (Lipinski definition) is 2. The van der Waals surface area contributed by atoms with Crippen LogP contribution in [0.4, 0.5) is 5.69 Å². The molecule has 2 aromatic rings. The lowest BCUT2D eigenvalue weighted by molar-refractivity contribution is 0.0697. The molecular formula is C16H13ClN2O2. The number of carbonyl (C=O) groups is 1. The summed E-state index contributed by atoms with van der Waals surface area (Å²) in [6.45, 7) is 0.642. The van der Waals surface area contributed by atoms with Crippen molar-refractivity contribution in [3.63, 3.8) is 0 Å². The van der Waals surface area contributed by atoms with Crippen LogP contribution in [-0.2, 0) is 6.42 Å². The number of halogens is 1. The Balaban J connectivity index is 1.95. The highest BCUT2D eigenvalue weighted by atomic mass is 35.5. The molecule has 0 saturated heterocycles. The van der Waals surface area contributed by atoms with Gasteiger partial charge in [-0.2, -0.15) is 5.26 Å². The first kappa shape index (κ1) is 14.9. The standard InChI is InChI=1S/C16H13ClN2O2/c17-14-5-6-15(13(9-14)10-18)19-8-7-11-1-3-12(4-2-11)16(20)21/h1-6,9,19H,7-8H2,(H,20,21). The van der Waals surface area contributed by atoms with E-state index in [4.69, 9.17) is 22.0 Å². The van der Waals surface area contributed by atoms with E-state index in [1.54, 1.807) is 42.5 Å². The molecule has 0 atom stereocenters. The summed E-state index contributed by atoms with van der Waals surface area (Å²) in [5, 5.41) is 21.6. The third-order valence-corrected chi connectivity index (χ3v) is 3.27. The molecule has 0 fully saturated rings. The van der Waals surface area contributed by atoms with E-state index in [9.17, 15) is 4.79 Å². The number of nitrogens with zero attached hydrogens (tertiary/aromatic N) is 1. The molecule has 0 saturated carbocycles. The quantitative estimate of drug-likeness (QED) is 0.885. The van der Waals surface area contributed by atoms with Crippen LogP contribution < -0.4 is 5.32 Å². The van der Waals surface area contributed by atoms with Gasteiger partial charge in [-0.3, -0.25) is 0 Å². The van der Waals surface area contributed by atoms with Gasteiger partial charge in [-0.15, -0.1) is 0 Å². The number of anilines is 1. The summed E-state index contributed by atoms with van der Waals surface area (Å²) in [5.74, 6) is -0.931. The van der Waals surface area contributed by atoms with Crippen molar-refractivity contribution in [3.05, 3.63) is 64.2 Å². The third-order valence-electron chi connectivity index (χ3n) is 3.03. The predicted molar refractivity (Wildman–Crippen MR) is 81.8 cm³/mol. The monoisotopic (exact) mass is 300 g/mol. The van der Waals surface area contributed by atoms with Gasteiger partial charge < -0.3 is 10.4 Å². The summed E-state index contributed by atoms with van der Waals surface area (Å²) >= 11 is 5.84. The summed E-state index contributed by atoms with van der Waals surface area (Å²) in [4.78, 5) is 10.8. The van der Waals surface area contributed by atoms with E-state index in [0.717, 1.165) is 17.7 Å². The van der Waals surface area contributed by atoms with Gasteiger partial charge in [-0.1, -0.05) is 23.7 Å². The Morgan fingerprint density at radius 2 is 1.95 bits per heavy atom. The number of aromatic carboxylic acids is 1. The molecule has 5 heteroatoms. The van der Waals surface area contributed by atoms with Crippen molar-refractivity contribution in [2.24, 2.45) is 0 Å². The van der Waals surface area contributed by atoms with Crippen molar-refractivity contribution in [2.75, 3.05) is 11.9 Å². The molecule has 0 aromatic heterocycles. The average molecular weight is 301 g/mol. The Labute approximate surface area is 127 Å². The van der Waals surface area contributed by atoms with Gasteiger partial charge >= 0.3 is 5.97 Å². The van der Waals surface area contributed by atoms with Crippen LogP contribution in [0, 0.1) is 11.3 Å². The topological polar surface area (TPSA) is 73.1 Å². The normalized spacial score (nSPS) is 9.90. The summed E-state index contributed by atoms with van der Waals surface area (Å²) in [6, 6.07) is 14.0.